The standard InChI is InChI=1S/C22H17ClN4OS2/c1-3-27-20(28)19(21-26(2)17-12-14(23)6-9-18(17)29-21)30-22(27)25-15-7-8-16-13(11-15)5-4-10-24-16/h4-12H,3H2,1-2H3. The molecule has 1 aromatic heterocycles. The number of aromatic nitrogens is 1. The number of carbonyl (C=O) groups is 1. The summed E-state index contributed by atoms with van der Waals surface area (Å²) >= 11 is 9.18. The molecule has 0 radical (unpaired) electrons. The van der Waals surface area contributed by atoms with Crippen molar-refractivity contribution in [3.05, 3.63) is 69.7 Å². The van der Waals surface area contributed by atoms with Crippen molar-refractivity contribution in [2.75, 3.05) is 18.5 Å². The predicted molar refractivity (Wildman–Crippen MR) is 127 cm³/mol. The topological polar surface area (TPSA) is 48.8 Å². The summed E-state index contributed by atoms with van der Waals surface area (Å²) in [6, 6.07) is 15.6. The van der Waals surface area contributed by atoms with Gasteiger partial charge in [-0.25, -0.2) is 4.99 Å². The zero-order valence-corrected chi connectivity index (χ0v) is 18.7. The minimum atomic E-state index is -0.0167. The molecule has 5 rings (SSSR count). The molecule has 0 saturated carbocycles. The Morgan fingerprint density at radius 2 is 2.00 bits per heavy atom. The Bertz CT molecular complexity index is 1260. The molecule has 1 fully saturated rings. The number of pyridine rings is 1. The lowest BCUT2D eigenvalue weighted by Gasteiger charge is -2.15. The van der Waals surface area contributed by atoms with Crippen molar-refractivity contribution in [1.82, 2.24) is 9.88 Å². The van der Waals surface area contributed by atoms with Gasteiger partial charge >= 0.3 is 0 Å². The molecular formula is C22H17ClN4OS2. The van der Waals surface area contributed by atoms with Crippen LogP contribution in [0.5, 0.6) is 0 Å². The van der Waals surface area contributed by atoms with Crippen LogP contribution in [0.2, 0.25) is 5.02 Å². The molecule has 0 N–H and O–H groups in total. The van der Waals surface area contributed by atoms with Crippen molar-refractivity contribution in [2.24, 2.45) is 4.99 Å². The Morgan fingerprint density at radius 1 is 1.13 bits per heavy atom. The molecule has 0 spiro atoms. The van der Waals surface area contributed by atoms with Crippen molar-refractivity contribution >= 4 is 68.5 Å². The SMILES string of the molecule is CCN1C(=O)C(=C2Sc3ccc(Cl)cc3N2C)SC1=Nc1ccc2ncccc2c1. The van der Waals surface area contributed by atoms with Gasteiger partial charge in [0, 0.05) is 35.1 Å². The van der Waals surface area contributed by atoms with E-state index in [9.17, 15) is 4.79 Å². The highest BCUT2D eigenvalue weighted by Crippen LogP contribution is 2.50. The fourth-order valence-corrected chi connectivity index (χ4v) is 6.01. The van der Waals surface area contributed by atoms with Gasteiger partial charge in [0.1, 0.15) is 4.91 Å². The van der Waals surface area contributed by atoms with Crippen LogP contribution in [0, 0.1) is 0 Å². The fraction of sp³-hybridized carbons (Fsp3) is 0.136. The number of thioether (sulfide) groups is 2. The molecule has 0 aliphatic carbocycles. The van der Waals surface area contributed by atoms with Gasteiger partial charge in [-0.2, -0.15) is 0 Å². The minimum absolute atomic E-state index is 0.0167. The lowest BCUT2D eigenvalue weighted by Crippen LogP contribution is -2.29. The maximum absolute atomic E-state index is 13.2. The van der Waals surface area contributed by atoms with Gasteiger partial charge in [-0.1, -0.05) is 29.4 Å². The summed E-state index contributed by atoms with van der Waals surface area (Å²) in [6.45, 7) is 2.52. The van der Waals surface area contributed by atoms with Crippen LogP contribution in [0.1, 0.15) is 6.92 Å². The summed E-state index contributed by atoms with van der Waals surface area (Å²) in [5.41, 5.74) is 2.74. The maximum Gasteiger partial charge on any atom is 0.269 e. The third-order valence-corrected chi connectivity index (χ3v) is 7.65. The monoisotopic (exact) mass is 452 g/mol. The van der Waals surface area contributed by atoms with Crippen LogP contribution in [0.15, 0.2) is 74.5 Å². The number of halogens is 1. The Hall–Kier alpha value is -2.48. The molecule has 0 unspecified atom stereocenters. The van der Waals surface area contributed by atoms with E-state index in [1.807, 2.05) is 67.4 Å². The molecule has 0 bridgehead atoms. The summed E-state index contributed by atoms with van der Waals surface area (Å²) in [5, 5.41) is 3.31. The van der Waals surface area contributed by atoms with Gasteiger partial charge < -0.3 is 4.90 Å². The second-order valence-corrected chi connectivity index (χ2v) is 9.28. The highest BCUT2D eigenvalue weighted by Gasteiger charge is 2.38. The van der Waals surface area contributed by atoms with Gasteiger partial charge in [-0.3, -0.25) is 14.7 Å². The molecule has 150 valence electrons. The van der Waals surface area contributed by atoms with E-state index in [4.69, 9.17) is 16.6 Å². The average Bonchev–Trinajstić information content (AvgIpc) is 3.24. The quantitative estimate of drug-likeness (QED) is 0.454. The lowest BCUT2D eigenvalue weighted by atomic mass is 10.2. The van der Waals surface area contributed by atoms with Crippen LogP contribution in [-0.4, -0.2) is 34.6 Å². The fourth-order valence-electron chi connectivity index (χ4n) is 3.46. The van der Waals surface area contributed by atoms with Crippen molar-refractivity contribution in [2.45, 2.75) is 11.8 Å². The number of amidine groups is 1. The molecule has 30 heavy (non-hydrogen) atoms. The zero-order valence-electron chi connectivity index (χ0n) is 16.3. The summed E-state index contributed by atoms with van der Waals surface area (Å²) in [4.78, 5) is 27.9. The van der Waals surface area contributed by atoms with E-state index in [1.165, 1.54) is 11.8 Å². The van der Waals surface area contributed by atoms with Gasteiger partial charge in [0.2, 0.25) is 0 Å². The third kappa shape index (κ3) is 3.27. The Labute approximate surface area is 187 Å². The molecule has 2 aromatic carbocycles. The van der Waals surface area contributed by atoms with Crippen LogP contribution in [0.25, 0.3) is 10.9 Å². The molecule has 2 aliphatic rings. The van der Waals surface area contributed by atoms with Crippen molar-refractivity contribution < 1.29 is 4.79 Å². The van der Waals surface area contributed by atoms with E-state index >= 15 is 0 Å². The summed E-state index contributed by atoms with van der Waals surface area (Å²) < 4.78 is 0. The molecule has 3 heterocycles. The molecule has 5 nitrogen and oxygen atoms in total. The first-order valence-corrected chi connectivity index (χ1v) is 11.4. The number of hydrogen-bond acceptors (Lipinski definition) is 6. The Morgan fingerprint density at radius 3 is 2.83 bits per heavy atom. The highest BCUT2D eigenvalue weighted by molar-refractivity contribution is 8.19. The highest BCUT2D eigenvalue weighted by atomic mass is 35.5. The number of nitrogens with zero attached hydrogens (tertiary/aromatic N) is 4. The van der Waals surface area contributed by atoms with Crippen LogP contribution < -0.4 is 4.90 Å². The second kappa shape index (κ2) is 7.65. The van der Waals surface area contributed by atoms with Gasteiger partial charge in [0.25, 0.3) is 5.91 Å². The van der Waals surface area contributed by atoms with Crippen molar-refractivity contribution in [3.63, 3.8) is 0 Å². The number of rotatable bonds is 2. The van der Waals surface area contributed by atoms with Crippen molar-refractivity contribution in [3.8, 4) is 0 Å². The van der Waals surface area contributed by atoms with E-state index < -0.39 is 0 Å². The molecule has 8 heteroatoms. The third-order valence-electron chi connectivity index (χ3n) is 4.98. The van der Waals surface area contributed by atoms with Crippen LogP contribution >= 0.6 is 35.1 Å². The number of likely N-dealkylation sites (N-methyl/N-ethyl adjacent to an activating group) is 1. The van der Waals surface area contributed by atoms with Gasteiger partial charge in [-0.05, 0) is 61.2 Å². The first-order chi connectivity index (χ1) is 14.5. The van der Waals surface area contributed by atoms with Crippen LogP contribution in [-0.2, 0) is 4.79 Å². The number of aliphatic imine (C=N–C) groups is 1. The van der Waals surface area contributed by atoms with E-state index in [2.05, 4.69) is 4.98 Å². The second-order valence-electron chi connectivity index (χ2n) is 6.83. The Balaban J connectivity index is 1.53. The minimum Gasteiger partial charge on any atom is -0.337 e. The van der Waals surface area contributed by atoms with Gasteiger partial charge in [-0.15, -0.1) is 0 Å². The molecular weight excluding hydrogens is 436 g/mol. The molecule has 1 amide bonds. The molecule has 2 aliphatic heterocycles. The van der Waals surface area contributed by atoms with E-state index in [1.54, 1.807) is 22.9 Å². The summed E-state index contributed by atoms with van der Waals surface area (Å²) in [7, 11) is 1.97. The zero-order chi connectivity index (χ0) is 20.8. The van der Waals surface area contributed by atoms with E-state index in [-0.39, 0.29) is 5.91 Å². The number of hydrogen-bond donors (Lipinski definition) is 0. The Kier molecular flexibility index (Phi) is 4.97. The number of amides is 1. The van der Waals surface area contributed by atoms with Gasteiger partial charge in [0.15, 0.2) is 5.17 Å². The first kappa shape index (κ1) is 19.5. The number of carbonyl (C=O) groups excluding carboxylic acids is 1. The van der Waals surface area contributed by atoms with Crippen LogP contribution in [0.3, 0.4) is 0 Å². The average molecular weight is 453 g/mol. The smallest absolute Gasteiger partial charge is 0.269 e. The maximum atomic E-state index is 13.2. The molecule has 1 saturated heterocycles. The number of anilines is 1. The number of fused-ring (bicyclic) bond motifs is 2. The lowest BCUT2D eigenvalue weighted by molar-refractivity contribution is -0.122. The summed E-state index contributed by atoms with van der Waals surface area (Å²) in [5.74, 6) is -0.0167. The normalized spacial score (nSPS) is 20.0. The van der Waals surface area contributed by atoms with Crippen molar-refractivity contribution in [1.29, 1.82) is 0 Å². The van der Waals surface area contributed by atoms with Crippen LogP contribution in [0.4, 0.5) is 11.4 Å². The van der Waals surface area contributed by atoms with E-state index in [0.717, 1.165) is 32.2 Å². The van der Waals surface area contributed by atoms with E-state index in [0.29, 0.717) is 21.6 Å². The molecule has 3 aromatic rings. The molecule has 0 atom stereocenters. The largest absolute Gasteiger partial charge is 0.337 e. The number of benzene rings is 2. The summed E-state index contributed by atoms with van der Waals surface area (Å²) in [6.07, 6.45) is 1.78. The first-order valence-electron chi connectivity index (χ1n) is 9.44. The predicted octanol–water partition coefficient (Wildman–Crippen LogP) is 5.88. The van der Waals surface area contributed by atoms with Gasteiger partial charge in [0.05, 0.1) is 21.9 Å².